The molecular formula is C14H21ClN2S. The summed E-state index contributed by atoms with van der Waals surface area (Å²) in [5, 5.41) is 1.54. The fraction of sp³-hybridized carbons (Fsp3) is 0.571. The molecule has 18 heavy (non-hydrogen) atoms. The van der Waals surface area contributed by atoms with Crippen LogP contribution in [0, 0.1) is 0 Å². The van der Waals surface area contributed by atoms with Gasteiger partial charge in [0, 0.05) is 41.7 Å². The van der Waals surface area contributed by atoms with E-state index in [1.54, 1.807) is 0 Å². The van der Waals surface area contributed by atoms with Gasteiger partial charge in [0.1, 0.15) is 0 Å². The second-order valence-corrected chi connectivity index (χ2v) is 6.81. The molecule has 2 N–H and O–H groups in total. The summed E-state index contributed by atoms with van der Waals surface area (Å²) in [6.07, 6.45) is 0. The lowest BCUT2D eigenvalue weighted by atomic mass is 10.1. The number of hydrogen-bond acceptors (Lipinski definition) is 3. The van der Waals surface area contributed by atoms with Gasteiger partial charge >= 0.3 is 0 Å². The van der Waals surface area contributed by atoms with Gasteiger partial charge in [-0.2, -0.15) is 11.8 Å². The van der Waals surface area contributed by atoms with E-state index in [1.165, 1.54) is 11.3 Å². The van der Waals surface area contributed by atoms with Gasteiger partial charge in [-0.05, 0) is 24.1 Å². The van der Waals surface area contributed by atoms with Crippen molar-refractivity contribution in [2.45, 2.75) is 38.2 Å². The van der Waals surface area contributed by atoms with Gasteiger partial charge in [0.25, 0.3) is 0 Å². The van der Waals surface area contributed by atoms with Crippen molar-refractivity contribution in [1.82, 2.24) is 4.90 Å². The molecule has 2 rings (SSSR count). The minimum Gasteiger partial charge on any atom is -0.326 e. The lowest BCUT2D eigenvalue weighted by Crippen LogP contribution is -2.43. The second kappa shape index (κ2) is 6.29. The number of halogens is 1. The van der Waals surface area contributed by atoms with Crippen molar-refractivity contribution in [3.63, 3.8) is 0 Å². The lowest BCUT2D eigenvalue weighted by Gasteiger charge is -2.37. The van der Waals surface area contributed by atoms with E-state index in [-0.39, 0.29) is 0 Å². The van der Waals surface area contributed by atoms with Gasteiger partial charge in [-0.25, -0.2) is 0 Å². The summed E-state index contributed by atoms with van der Waals surface area (Å²) in [4.78, 5) is 2.52. The van der Waals surface area contributed by atoms with Gasteiger partial charge in [-0.1, -0.05) is 30.7 Å². The molecule has 1 aliphatic heterocycles. The predicted molar refractivity (Wildman–Crippen MR) is 81.1 cm³/mol. The van der Waals surface area contributed by atoms with Gasteiger partial charge in [0.05, 0.1) is 0 Å². The smallest absolute Gasteiger partial charge is 0.0454 e. The molecule has 0 spiro atoms. The van der Waals surface area contributed by atoms with E-state index in [9.17, 15) is 0 Å². The Kier molecular flexibility index (Phi) is 4.96. The molecule has 1 aromatic rings. The Hall–Kier alpha value is -0.220. The molecule has 1 fully saturated rings. The van der Waals surface area contributed by atoms with Gasteiger partial charge in [0.15, 0.2) is 0 Å². The van der Waals surface area contributed by atoms with E-state index in [1.807, 2.05) is 6.07 Å². The Morgan fingerprint density at radius 2 is 2.22 bits per heavy atom. The molecule has 0 radical (unpaired) electrons. The third-order valence-electron chi connectivity index (χ3n) is 3.74. The molecule has 2 atom stereocenters. The van der Waals surface area contributed by atoms with Crippen LogP contribution in [0.25, 0.3) is 0 Å². The van der Waals surface area contributed by atoms with Crippen LogP contribution in [0.1, 0.15) is 25.0 Å². The number of thioether (sulfide) groups is 1. The molecule has 1 heterocycles. The fourth-order valence-electron chi connectivity index (χ4n) is 2.28. The SMILES string of the molecule is CC1SCCN(Cc2ccc(CN)cc2Cl)C1C. The highest BCUT2D eigenvalue weighted by Gasteiger charge is 2.25. The Balaban J connectivity index is 2.09. The fourth-order valence-corrected chi connectivity index (χ4v) is 3.71. The Morgan fingerprint density at radius 1 is 1.44 bits per heavy atom. The minimum atomic E-state index is 0.549. The zero-order chi connectivity index (χ0) is 13.1. The van der Waals surface area contributed by atoms with Gasteiger partial charge in [-0.15, -0.1) is 0 Å². The Bertz CT molecular complexity index is 411. The van der Waals surface area contributed by atoms with Gasteiger partial charge in [-0.3, -0.25) is 4.90 Å². The standard InChI is InChI=1S/C14H21ClN2S/c1-10-11(2)18-6-5-17(10)9-13-4-3-12(8-16)7-14(13)15/h3-4,7,10-11H,5-6,8-9,16H2,1-2H3. The molecule has 1 saturated heterocycles. The first-order chi connectivity index (χ1) is 8.61. The van der Waals surface area contributed by atoms with Crippen molar-refractivity contribution in [2.24, 2.45) is 5.73 Å². The molecule has 0 aromatic heterocycles. The molecule has 2 nitrogen and oxygen atoms in total. The first kappa shape index (κ1) is 14.2. The predicted octanol–water partition coefficient (Wildman–Crippen LogP) is 3.12. The van der Waals surface area contributed by atoms with E-state index >= 15 is 0 Å². The molecule has 0 aliphatic carbocycles. The second-order valence-electron chi connectivity index (χ2n) is 4.92. The van der Waals surface area contributed by atoms with Crippen molar-refractivity contribution in [2.75, 3.05) is 12.3 Å². The lowest BCUT2D eigenvalue weighted by molar-refractivity contribution is 0.204. The van der Waals surface area contributed by atoms with Crippen LogP contribution in [-0.2, 0) is 13.1 Å². The molecular weight excluding hydrogens is 264 g/mol. The Labute approximate surface area is 119 Å². The highest BCUT2D eigenvalue weighted by Crippen LogP contribution is 2.27. The van der Waals surface area contributed by atoms with Crippen LogP contribution < -0.4 is 5.73 Å². The molecule has 0 bridgehead atoms. The molecule has 1 aromatic carbocycles. The van der Waals surface area contributed by atoms with E-state index in [0.29, 0.717) is 17.8 Å². The summed E-state index contributed by atoms with van der Waals surface area (Å²) in [6.45, 7) is 7.24. The minimum absolute atomic E-state index is 0.549. The topological polar surface area (TPSA) is 29.3 Å². The highest BCUT2D eigenvalue weighted by atomic mass is 35.5. The van der Waals surface area contributed by atoms with Crippen molar-refractivity contribution in [1.29, 1.82) is 0 Å². The number of nitrogens with zero attached hydrogens (tertiary/aromatic N) is 1. The first-order valence-electron chi connectivity index (χ1n) is 6.45. The van der Waals surface area contributed by atoms with Gasteiger partial charge < -0.3 is 5.73 Å². The number of benzene rings is 1. The van der Waals surface area contributed by atoms with E-state index in [4.69, 9.17) is 17.3 Å². The number of hydrogen-bond donors (Lipinski definition) is 1. The van der Waals surface area contributed by atoms with Crippen molar-refractivity contribution < 1.29 is 0 Å². The van der Waals surface area contributed by atoms with Crippen molar-refractivity contribution >= 4 is 23.4 Å². The maximum atomic E-state index is 6.32. The highest BCUT2D eigenvalue weighted by molar-refractivity contribution is 8.00. The van der Waals surface area contributed by atoms with Crippen molar-refractivity contribution in [3.8, 4) is 0 Å². The quantitative estimate of drug-likeness (QED) is 0.925. The van der Waals surface area contributed by atoms with Crippen LogP contribution in [0.5, 0.6) is 0 Å². The van der Waals surface area contributed by atoms with E-state index in [2.05, 4.69) is 42.6 Å². The average Bonchev–Trinajstić information content (AvgIpc) is 2.37. The monoisotopic (exact) mass is 284 g/mol. The van der Waals surface area contributed by atoms with Crippen LogP contribution in [0.2, 0.25) is 5.02 Å². The third-order valence-corrected chi connectivity index (χ3v) is 5.43. The third kappa shape index (κ3) is 3.21. The summed E-state index contributed by atoms with van der Waals surface area (Å²) in [5.41, 5.74) is 7.93. The molecule has 0 saturated carbocycles. The van der Waals surface area contributed by atoms with Gasteiger partial charge in [0.2, 0.25) is 0 Å². The first-order valence-corrected chi connectivity index (χ1v) is 7.87. The summed E-state index contributed by atoms with van der Waals surface area (Å²) in [7, 11) is 0. The van der Waals surface area contributed by atoms with Crippen LogP contribution in [0.4, 0.5) is 0 Å². The number of rotatable bonds is 3. The largest absolute Gasteiger partial charge is 0.326 e. The Morgan fingerprint density at radius 3 is 2.89 bits per heavy atom. The summed E-state index contributed by atoms with van der Waals surface area (Å²) < 4.78 is 0. The van der Waals surface area contributed by atoms with Crippen LogP contribution >= 0.6 is 23.4 Å². The van der Waals surface area contributed by atoms with E-state index in [0.717, 1.165) is 23.7 Å². The van der Waals surface area contributed by atoms with Crippen LogP contribution in [0.15, 0.2) is 18.2 Å². The summed E-state index contributed by atoms with van der Waals surface area (Å²) >= 11 is 8.38. The van der Waals surface area contributed by atoms with E-state index < -0.39 is 0 Å². The van der Waals surface area contributed by atoms with Crippen LogP contribution in [-0.4, -0.2) is 28.5 Å². The molecule has 2 unspecified atom stereocenters. The molecule has 0 amide bonds. The molecule has 1 aliphatic rings. The number of nitrogens with two attached hydrogens (primary N) is 1. The molecule has 4 heteroatoms. The summed E-state index contributed by atoms with van der Waals surface area (Å²) in [6, 6.07) is 6.79. The zero-order valence-corrected chi connectivity index (χ0v) is 12.6. The van der Waals surface area contributed by atoms with Crippen LogP contribution in [0.3, 0.4) is 0 Å². The zero-order valence-electron chi connectivity index (χ0n) is 11.0. The normalized spacial score (nSPS) is 25.3. The van der Waals surface area contributed by atoms with Crippen molar-refractivity contribution in [3.05, 3.63) is 34.3 Å². The maximum absolute atomic E-state index is 6.32. The average molecular weight is 285 g/mol. The summed E-state index contributed by atoms with van der Waals surface area (Å²) in [5.74, 6) is 1.21. The molecule has 100 valence electrons. The maximum Gasteiger partial charge on any atom is 0.0454 e.